The largest absolute Gasteiger partial charge is 0.381 e. The van der Waals surface area contributed by atoms with E-state index in [9.17, 15) is 0 Å². The third kappa shape index (κ3) is 12.0. The van der Waals surface area contributed by atoms with Gasteiger partial charge in [0.15, 0.2) is 0 Å². The number of hydrogen-bond acceptors (Lipinski definition) is 1. The van der Waals surface area contributed by atoms with Crippen molar-refractivity contribution < 1.29 is 4.74 Å². The summed E-state index contributed by atoms with van der Waals surface area (Å²) in [5.41, 5.74) is 0.809. The smallest absolute Gasteiger partial charge is 0.0471 e. The van der Waals surface area contributed by atoms with Crippen LogP contribution in [-0.4, -0.2) is 13.2 Å². The molecule has 1 heteroatoms. The third-order valence-corrected chi connectivity index (χ3v) is 1.99. The van der Waals surface area contributed by atoms with Gasteiger partial charge in [-0.25, -0.2) is 0 Å². The van der Waals surface area contributed by atoms with Crippen LogP contribution in [-0.2, 0) is 4.74 Å². The minimum absolute atomic E-state index is 0.404. The second-order valence-corrected chi connectivity index (χ2v) is 6.23. The summed E-state index contributed by atoms with van der Waals surface area (Å²) < 4.78 is 5.59. The second kappa shape index (κ2) is 4.99. The Morgan fingerprint density at radius 3 is 1.23 bits per heavy atom. The molecule has 0 bridgehead atoms. The van der Waals surface area contributed by atoms with Gasteiger partial charge in [-0.3, -0.25) is 0 Å². The lowest BCUT2D eigenvalue weighted by Gasteiger charge is -2.20. The third-order valence-electron chi connectivity index (χ3n) is 1.99. The molecule has 0 N–H and O–H groups in total. The van der Waals surface area contributed by atoms with Crippen molar-refractivity contribution in [2.75, 3.05) is 13.2 Å². The first kappa shape index (κ1) is 13.0. The Bertz CT molecular complexity index is 109. The van der Waals surface area contributed by atoms with Crippen LogP contribution in [0.4, 0.5) is 0 Å². The van der Waals surface area contributed by atoms with Gasteiger partial charge in [-0.05, 0) is 23.7 Å². The van der Waals surface area contributed by atoms with Crippen molar-refractivity contribution in [3.05, 3.63) is 0 Å². The molecule has 13 heavy (non-hydrogen) atoms. The highest BCUT2D eigenvalue weighted by Crippen LogP contribution is 2.20. The van der Waals surface area contributed by atoms with Gasteiger partial charge in [0, 0.05) is 13.2 Å². The minimum atomic E-state index is 0.404. The fourth-order valence-corrected chi connectivity index (χ4v) is 0.859. The molecule has 0 aliphatic rings. The predicted molar refractivity (Wildman–Crippen MR) is 59.0 cm³/mol. The van der Waals surface area contributed by atoms with Crippen LogP contribution in [0.3, 0.4) is 0 Å². The summed E-state index contributed by atoms with van der Waals surface area (Å²) in [4.78, 5) is 0. The zero-order chi connectivity index (χ0) is 10.5. The SMILES string of the molecule is CC(C)(C)CCOCCC(C)(C)C. The lowest BCUT2D eigenvalue weighted by atomic mass is 9.92. The highest BCUT2D eigenvalue weighted by Gasteiger charge is 2.11. The van der Waals surface area contributed by atoms with Crippen LogP contribution in [0, 0.1) is 10.8 Å². The van der Waals surface area contributed by atoms with Crippen LogP contribution >= 0.6 is 0 Å². The van der Waals surface area contributed by atoms with Gasteiger partial charge in [0.2, 0.25) is 0 Å². The van der Waals surface area contributed by atoms with Gasteiger partial charge in [-0.2, -0.15) is 0 Å². The first-order valence-corrected chi connectivity index (χ1v) is 5.28. The monoisotopic (exact) mass is 186 g/mol. The van der Waals surface area contributed by atoms with Gasteiger partial charge in [-0.15, -0.1) is 0 Å². The summed E-state index contributed by atoms with van der Waals surface area (Å²) in [7, 11) is 0. The molecule has 0 atom stereocenters. The van der Waals surface area contributed by atoms with Crippen molar-refractivity contribution in [1.82, 2.24) is 0 Å². The Balaban J connectivity index is 3.28. The topological polar surface area (TPSA) is 9.23 Å². The van der Waals surface area contributed by atoms with Crippen LogP contribution < -0.4 is 0 Å². The Kier molecular flexibility index (Phi) is 4.98. The van der Waals surface area contributed by atoms with Gasteiger partial charge in [-0.1, -0.05) is 41.5 Å². The Labute approximate surface area is 83.9 Å². The van der Waals surface area contributed by atoms with E-state index in [2.05, 4.69) is 41.5 Å². The second-order valence-electron chi connectivity index (χ2n) is 6.23. The molecule has 0 rings (SSSR count). The summed E-state index contributed by atoms with van der Waals surface area (Å²) >= 11 is 0. The summed E-state index contributed by atoms with van der Waals surface area (Å²) in [6, 6.07) is 0. The van der Waals surface area contributed by atoms with Crippen molar-refractivity contribution in [2.24, 2.45) is 10.8 Å². The summed E-state index contributed by atoms with van der Waals surface area (Å²) in [6.45, 7) is 15.3. The Hall–Kier alpha value is -0.0400. The van der Waals surface area contributed by atoms with E-state index in [-0.39, 0.29) is 0 Å². The van der Waals surface area contributed by atoms with Gasteiger partial charge in [0.05, 0.1) is 0 Å². The Morgan fingerprint density at radius 2 is 1.00 bits per heavy atom. The van der Waals surface area contributed by atoms with Crippen LogP contribution in [0.15, 0.2) is 0 Å². The molecule has 0 radical (unpaired) electrons. The molecular formula is C12H26O. The molecular weight excluding hydrogens is 160 g/mol. The summed E-state index contributed by atoms with van der Waals surface area (Å²) in [5, 5.41) is 0. The summed E-state index contributed by atoms with van der Waals surface area (Å²) in [5.74, 6) is 0. The molecule has 0 fully saturated rings. The standard InChI is InChI=1S/C12H26O/c1-11(2,3)7-9-13-10-8-12(4,5)6/h7-10H2,1-6H3. The van der Waals surface area contributed by atoms with Gasteiger partial charge in [0.25, 0.3) is 0 Å². The van der Waals surface area contributed by atoms with E-state index >= 15 is 0 Å². The minimum Gasteiger partial charge on any atom is -0.381 e. The van der Waals surface area contributed by atoms with E-state index in [1.165, 1.54) is 0 Å². The van der Waals surface area contributed by atoms with E-state index in [1.54, 1.807) is 0 Å². The molecule has 0 saturated carbocycles. The molecule has 0 aliphatic heterocycles. The molecule has 0 aromatic rings. The lowest BCUT2D eigenvalue weighted by molar-refractivity contribution is 0.0881. The van der Waals surface area contributed by atoms with E-state index < -0.39 is 0 Å². The van der Waals surface area contributed by atoms with Crippen molar-refractivity contribution in [1.29, 1.82) is 0 Å². The van der Waals surface area contributed by atoms with Crippen LogP contribution in [0.5, 0.6) is 0 Å². The van der Waals surface area contributed by atoms with Gasteiger partial charge >= 0.3 is 0 Å². The maximum atomic E-state index is 5.59. The van der Waals surface area contributed by atoms with Crippen molar-refractivity contribution >= 4 is 0 Å². The maximum Gasteiger partial charge on any atom is 0.0471 e. The molecule has 0 heterocycles. The number of ether oxygens (including phenoxy) is 1. The van der Waals surface area contributed by atoms with Crippen molar-refractivity contribution in [3.63, 3.8) is 0 Å². The van der Waals surface area contributed by atoms with Crippen LogP contribution in [0.1, 0.15) is 54.4 Å². The Morgan fingerprint density at radius 1 is 0.692 bits per heavy atom. The highest BCUT2D eigenvalue weighted by molar-refractivity contribution is 4.62. The zero-order valence-electron chi connectivity index (χ0n) is 10.2. The average Bonchev–Trinajstić information content (AvgIpc) is 1.81. The van der Waals surface area contributed by atoms with Crippen LogP contribution in [0.2, 0.25) is 0 Å². The molecule has 0 aliphatic carbocycles. The van der Waals surface area contributed by atoms with E-state index in [4.69, 9.17) is 4.74 Å². The normalized spacial score (nSPS) is 13.4. The molecule has 0 unspecified atom stereocenters. The molecule has 0 saturated heterocycles. The molecule has 1 nitrogen and oxygen atoms in total. The summed E-state index contributed by atoms with van der Waals surface area (Å²) in [6.07, 6.45) is 2.30. The quantitative estimate of drug-likeness (QED) is 0.605. The van der Waals surface area contributed by atoms with E-state index in [0.29, 0.717) is 10.8 Å². The van der Waals surface area contributed by atoms with E-state index in [1.807, 2.05) is 0 Å². The van der Waals surface area contributed by atoms with Gasteiger partial charge < -0.3 is 4.74 Å². The molecule has 80 valence electrons. The number of rotatable bonds is 4. The molecule has 0 aromatic heterocycles. The number of hydrogen-bond donors (Lipinski definition) is 0. The van der Waals surface area contributed by atoms with E-state index in [0.717, 1.165) is 26.1 Å². The zero-order valence-corrected chi connectivity index (χ0v) is 10.2. The van der Waals surface area contributed by atoms with Crippen molar-refractivity contribution in [3.8, 4) is 0 Å². The van der Waals surface area contributed by atoms with Crippen molar-refractivity contribution in [2.45, 2.75) is 54.4 Å². The predicted octanol–water partition coefficient (Wildman–Crippen LogP) is 3.88. The first-order chi connectivity index (χ1) is 5.71. The fourth-order valence-electron chi connectivity index (χ4n) is 0.859. The fraction of sp³-hybridized carbons (Fsp3) is 1.00. The highest BCUT2D eigenvalue weighted by atomic mass is 16.5. The average molecular weight is 186 g/mol. The van der Waals surface area contributed by atoms with Crippen LogP contribution in [0.25, 0.3) is 0 Å². The molecule has 0 aromatic carbocycles. The lowest BCUT2D eigenvalue weighted by Crippen LogP contribution is -2.13. The molecule has 0 amide bonds. The van der Waals surface area contributed by atoms with Gasteiger partial charge in [0.1, 0.15) is 0 Å². The maximum absolute atomic E-state index is 5.59. The first-order valence-electron chi connectivity index (χ1n) is 5.28. The molecule has 0 spiro atoms.